The van der Waals surface area contributed by atoms with Gasteiger partial charge in [-0.25, -0.2) is 8.42 Å². The monoisotopic (exact) mass is 467 g/mol. The van der Waals surface area contributed by atoms with Crippen molar-refractivity contribution < 1.29 is 36.0 Å². The molecule has 0 bridgehead atoms. The number of rotatable bonds is 4. The summed E-state index contributed by atoms with van der Waals surface area (Å²) >= 11 is 0. The topological polar surface area (TPSA) is 113 Å². The zero-order valence-electron chi connectivity index (χ0n) is 16.3. The van der Waals surface area contributed by atoms with Crippen LogP contribution in [-0.4, -0.2) is 37.1 Å². The molecule has 1 atom stereocenters. The van der Waals surface area contributed by atoms with Crippen LogP contribution in [0.4, 0.5) is 18.9 Å². The van der Waals surface area contributed by atoms with Gasteiger partial charge in [0.15, 0.2) is 0 Å². The lowest BCUT2D eigenvalue weighted by molar-refractivity contribution is -0.138. The van der Waals surface area contributed by atoms with Crippen molar-refractivity contribution >= 4 is 33.4 Å². The van der Waals surface area contributed by atoms with E-state index in [4.69, 9.17) is 0 Å². The number of carbonyl (C=O) groups is 3. The van der Waals surface area contributed by atoms with Crippen LogP contribution in [0.5, 0.6) is 0 Å². The zero-order chi connectivity index (χ0) is 23.3. The van der Waals surface area contributed by atoms with Gasteiger partial charge in [-0.2, -0.15) is 13.2 Å². The molecule has 0 aromatic heterocycles. The van der Waals surface area contributed by atoms with Crippen LogP contribution in [0.25, 0.3) is 0 Å². The average Bonchev–Trinajstić information content (AvgIpc) is 3.05. The lowest BCUT2D eigenvalue weighted by Crippen LogP contribution is -2.52. The summed E-state index contributed by atoms with van der Waals surface area (Å²) in [4.78, 5) is 37.3. The Morgan fingerprint density at radius 1 is 1.03 bits per heavy atom. The molecule has 0 saturated carbocycles. The third-order valence-corrected chi connectivity index (χ3v) is 6.70. The summed E-state index contributed by atoms with van der Waals surface area (Å²) in [7, 11) is -4.25. The number of hydrogen-bond acceptors (Lipinski definition) is 5. The Hall–Kier alpha value is -3.41. The van der Waals surface area contributed by atoms with E-state index in [9.17, 15) is 36.0 Å². The highest BCUT2D eigenvalue weighted by Crippen LogP contribution is 2.34. The Bertz CT molecular complexity index is 1230. The molecule has 2 heterocycles. The summed E-state index contributed by atoms with van der Waals surface area (Å²) in [6, 6.07) is 6.50. The third-order valence-electron chi connectivity index (χ3n) is 5.32. The van der Waals surface area contributed by atoms with Crippen molar-refractivity contribution in [3.05, 3.63) is 59.2 Å². The van der Waals surface area contributed by atoms with Gasteiger partial charge >= 0.3 is 6.18 Å². The zero-order valence-corrected chi connectivity index (χ0v) is 17.1. The van der Waals surface area contributed by atoms with Gasteiger partial charge in [0.25, 0.3) is 15.9 Å². The molecular formula is C20H16F3N3O5S. The number of nitrogens with one attached hydrogen (secondary N) is 2. The summed E-state index contributed by atoms with van der Waals surface area (Å²) in [5, 5.41) is 2.18. The smallest absolute Gasteiger partial charge is 0.322 e. The molecule has 8 nitrogen and oxygen atoms in total. The van der Waals surface area contributed by atoms with E-state index in [0.29, 0.717) is 17.7 Å². The predicted molar refractivity (Wildman–Crippen MR) is 105 cm³/mol. The van der Waals surface area contributed by atoms with Crippen molar-refractivity contribution in [3.63, 3.8) is 0 Å². The van der Waals surface area contributed by atoms with Crippen molar-refractivity contribution in [1.29, 1.82) is 0 Å². The first-order valence-corrected chi connectivity index (χ1v) is 10.9. The summed E-state index contributed by atoms with van der Waals surface area (Å²) in [6.45, 7) is -0.0633. The van der Waals surface area contributed by atoms with Crippen LogP contribution in [0.15, 0.2) is 47.4 Å². The second-order valence-corrected chi connectivity index (χ2v) is 9.04. The molecule has 2 aromatic rings. The Labute approximate surface area is 180 Å². The van der Waals surface area contributed by atoms with Gasteiger partial charge in [0.05, 0.1) is 16.1 Å². The molecule has 3 amide bonds. The summed E-state index contributed by atoms with van der Waals surface area (Å²) in [5.74, 6) is -1.51. The van der Waals surface area contributed by atoms with Crippen LogP contribution in [0, 0.1) is 0 Å². The lowest BCUT2D eigenvalue weighted by Gasteiger charge is -2.29. The van der Waals surface area contributed by atoms with Gasteiger partial charge in [0.1, 0.15) is 6.04 Å². The van der Waals surface area contributed by atoms with E-state index in [1.54, 1.807) is 0 Å². The van der Waals surface area contributed by atoms with Crippen molar-refractivity contribution in [2.24, 2.45) is 0 Å². The van der Waals surface area contributed by atoms with Crippen LogP contribution in [0.1, 0.15) is 34.3 Å². The second-order valence-electron chi connectivity index (χ2n) is 7.36. The first kappa shape index (κ1) is 21.8. The number of halogens is 3. The Kier molecular flexibility index (Phi) is 5.19. The van der Waals surface area contributed by atoms with Gasteiger partial charge in [0, 0.05) is 24.1 Å². The van der Waals surface area contributed by atoms with Gasteiger partial charge in [0.2, 0.25) is 11.8 Å². The summed E-state index contributed by atoms with van der Waals surface area (Å²) in [5.41, 5.74) is -0.381. The average molecular weight is 467 g/mol. The van der Waals surface area contributed by atoms with Crippen LogP contribution in [0.3, 0.4) is 0 Å². The predicted octanol–water partition coefficient (Wildman–Crippen LogP) is 2.27. The number of nitrogens with zero attached hydrogens (tertiary/aromatic N) is 1. The highest BCUT2D eigenvalue weighted by Gasteiger charge is 2.40. The molecule has 0 spiro atoms. The van der Waals surface area contributed by atoms with Crippen molar-refractivity contribution in [3.8, 4) is 0 Å². The minimum absolute atomic E-state index is 0.0633. The molecule has 1 fully saturated rings. The Balaban J connectivity index is 1.60. The first-order valence-electron chi connectivity index (χ1n) is 9.44. The molecule has 1 saturated heterocycles. The summed E-state index contributed by atoms with van der Waals surface area (Å²) in [6.07, 6.45) is -4.38. The fourth-order valence-electron chi connectivity index (χ4n) is 3.71. The molecule has 12 heteroatoms. The van der Waals surface area contributed by atoms with Crippen molar-refractivity contribution in [1.82, 2.24) is 10.2 Å². The number of amides is 3. The fraction of sp³-hybridized carbons (Fsp3) is 0.250. The van der Waals surface area contributed by atoms with E-state index in [0.717, 1.165) is 12.1 Å². The SMILES string of the molecule is O=C1CCC(N2Cc3c(NS(=O)(=O)c4ccc(C(F)(F)F)cc4)cccc3C2=O)C(=O)N1. The van der Waals surface area contributed by atoms with Gasteiger partial charge < -0.3 is 4.90 Å². The van der Waals surface area contributed by atoms with Crippen molar-refractivity contribution in [2.45, 2.75) is 36.5 Å². The lowest BCUT2D eigenvalue weighted by atomic mass is 10.0. The normalized spacial score (nSPS) is 19.0. The molecule has 2 aromatic carbocycles. The maximum Gasteiger partial charge on any atom is 0.416 e. The molecule has 2 N–H and O–H groups in total. The van der Waals surface area contributed by atoms with Crippen LogP contribution >= 0.6 is 0 Å². The molecule has 168 valence electrons. The molecule has 0 radical (unpaired) electrons. The number of hydrogen-bond donors (Lipinski definition) is 2. The molecule has 4 rings (SSSR count). The van der Waals surface area contributed by atoms with Gasteiger partial charge in [-0.1, -0.05) is 6.07 Å². The highest BCUT2D eigenvalue weighted by molar-refractivity contribution is 7.92. The number of fused-ring (bicyclic) bond motifs is 1. The van der Waals surface area contributed by atoms with Gasteiger partial charge in [-0.15, -0.1) is 0 Å². The minimum Gasteiger partial charge on any atom is -0.322 e. The molecule has 32 heavy (non-hydrogen) atoms. The van der Waals surface area contributed by atoms with Crippen LogP contribution in [-0.2, 0) is 32.3 Å². The van der Waals surface area contributed by atoms with E-state index >= 15 is 0 Å². The summed E-state index contributed by atoms with van der Waals surface area (Å²) < 4.78 is 66.0. The number of sulfonamides is 1. The van der Waals surface area contributed by atoms with Crippen LogP contribution in [0.2, 0.25) is 0 Å². The quantitative estimate of drug-likeness (QED) is 0.670. The van der Waals surface area contributed by atoms with Crippen LogP contribution < -0.4 is 10.0 Å². The molecule has 1 unspecified atom stereocenters. The van der Waals surface area contributed by atoms with Gasteiger partial charge in [-0.05, 0) is 42.8 Å². The number of anilines is 1. The minimum atomic E-state index is -4.60. The number of piperidine rings is 1. The number of benzene rings is 2. The standard InChI is InChI=1S/C20H16F3N3O5S/c21-20(22,23)11-4-6-12(7-5-11)32(30,31)25-15-3-1-2-13-14(15)10-26(19(13)29)16-8-9-17(27)24-18(16)28/h1-7,16,25H,8-10H2,(H,24,27,28). The first-order chi connectivity index (χ1) is 15.0. The van der Waals surface area contributed by atoms with E-state index < -0.39 is 45.5 Å². The highest BCUT2D eigenvalue weighted by atomic mass is 32.2. The molecule has 2 aliphatic rings. The maximum atomic E-state index is 12.8. The Morgan fingerprint density at radius 2 is 1.72 bits per heavy atom. The number of carbonyl (C=O) groups excluding carboxylic acids is 3. The van der Waals surface area contributed by atoms with Crippen molar-refractivity contribution in [2.75, 3.05) is 4.72 Å². The van der Waals surface area contributed by atoms with Gasteiger partial charge in [-0.3, -0.25) is 24.4 Å². The molecule has 0 aliphatic carbocycles. The van der Waals surface area contributed by atoms with E-state index in [2.05, 4.69) is 10.0 Å². The largest absolute Gasteiger partial charge is 0.416 e. The van der Waals surface area contributed by atoms with E-state index in [1.807, 2.05) is 0 Å². The molecular weight excluding hydrogens is 451 g/mol. The second kappa shape index (κ2) is 7.62. The Morgan fingerprint density at radius 3 is 2.34 bits per heavy atom. The third kappa shape index (κ3) is 3.93. The maximum absolute atomic E-state index is 12.8. The fourth-order valence-corrected chi connectivity index (χ4v) is 4.80. The van der Waals surface area contributed by atoms with E-state index in [-0.39, 0.29) is 35.5 Å². The number of alkyl halides is 3. The molecule has 2 aliphatic heterocycles. The van der Waals surface area contributed by atoms with E-state index in [1.165, 1.54) is 23.1 Å². The number of imide groups is 1.